The zero-order chi connectivity index (χ0) is 23.3. The number of amides is 2. The maximum atomic E-state index is 13.0. The number of carbonyl (C=O) groups is 2. The normalized spacial score (nSPS) is 11.0. The maximum absolute atomic E-state index is 13.0. The van der Waals surface area contributed by atoms with Gasteiger partial charge >= 0.3 is 0 Å². The van der Waals surface area contributed by atoms with Gasteiger partial charge in [0.2, 0.25) is 0 Å². The number of benzene rings is 2. The van der Waals surface area contributed by atoms with Crippen LogP contribution in [0.15, 0.2) is 48.5 Å². The van der Waals surface area contributed by atoms with Crippen molar-refractivity contribution in [2.75, 3.05) is 27.8 Å². The first-order valence-electron chi connectivity index (χ1n) is 10.3. The topological polar surface area (TPSA) is 92.8 Å². The maximum Gasteiger partial charge on any atom is 0.270 e. The second kappa shape index (κ2) is 10.1. The molecule has 0 saturated heterocycles. The molecule has 1 heterocycles. The summed E-state index contributed by atoms with van der Waals surface area (Å²) < 4.78 is 10.7. The van der Waals surface area contributed by atoms with E-state index in [1.807, 2.05) is 56.1 Å². The van der Waals surface area contributed by atoms with Crippen molar-refractivity contribution in [2.45, 2.75) is 19.9 Å². The molecular formula is C24H28N4O4. The number of hydrogen-bond acceptors (Lipinski definition) is 6. The van der Waals surface area contributed by atoms with Crippen molar-refractivity contribution >= 4 is 22.7 Å². The molecule has 0 saturated carbocycles. The predicted octanol–water partition coefficient (Wildman–Crippen LogP) is 3.02. The number of fused-ring (bicyclic) bond motifs is 1. The second-order valence-electron chi connectivity index (χ2n) is 7.65. The molecule has 3 rings (SSSR count). The number of hydrogen-bond donors (Lipinski definition) is 2. The van der Waals surface area contributed by atoms with Gasteiger partial charge < -0.3 is 9.47 Å². The molecule has 2 aromatic carbocycles. The van der Waals surface area contributed by atoms with Gasteiger partial charge in [0.15, 0.2) is 11.5 Å². The molecule has 0 atom stereocenters. The van der Waals surface area contributed by atoms with E-state index >= 15 is 0 Å². The van der Waals surface area contributed by atoms with E-state index in [2.05, 4.69) is 10.9 Å². The van der Waals surface area contributed by atoms with Gasteiger partial charge in [-0.15, -0.1) is 0 Å². The van der Waals surface area contributed by atoms with Crippen LogP contribution in [0.2, 0.25) is 0 Å². The Hall–Kier alpha value is -3.65. The van der Waals surface area contributed by atoms with Crippen molar-refractivity contribution in [3.63, 3.8) is 0 Å². The third kappa shape index (κ3) is 5.15. The van der Waals surface area contributed by atoms with Crippen LogP contribution in [0.5, 0.6) is 11.5 Å². The molecule has 0 fully saturated rings. The summed E-state index contributed by atoms with van der Waals surface area (Å²) in [6, 6.07) is 14.7. The summed E-state index contributed by atoms with van der Waals surface area (Å²) in [7, 11) is 4.98. The first-order chi connectivity index (χ1) is 15.3. The van der Waals surface area contributed by atoms with Crippen LogP contribution < -0.4 is 20.3 Å². The number of carbonyl (C=O) groups excluding carboxylic acids is 2. The summed E-state index contributed by atoms with van der Waals surface area (Å²) in [4.78, 5) is 31.7. The van der Waals surface area contributed by atoms with Crippen LogP contribution in [0.3, 0.4) is 0 Å². The van der Waals surface area contributed by atoms with Gasteiger partial charge in [0.25, 0.3) is 11.8 Å². The van der Waals surface area contributed by atoms with Crippen LogP contribution in [0, 0.1) is 0 Å². The average Bonchev–Trinajstić information content (AvgIpc) is 2.81. The fraction of sp³-hybridized carbons (Fsp3) is 0.292. The average molecular weight is 437 g/mol. The van der Waals surface area contributed by atoms with Crippen molar-refractivity contribution in [3.8, 4) is 22.8 Å². The van der Waals surface area contributed by atoms with E-state index in [9.17, 15) is 9.59 Å². The molecule has 0 aliphatic rings. The summed E-state index contributed by atoms with van der Waals surface area (Å²) >= 11 is 0. The first kappa shape index (κ1) is 23.0. The molecule has 0 bridgehead atoms. The van der Waals surface area contributed by atoms with Gasteiger partial charge in [-0.05, 0) is 51.2 Å². The Morgan fingerprint density at radius 1 is 1.00 bits per heavy atom. The predicted molar refractivity (Wildman–Crippen MR) is 124 cm³/mol. The number of methoxy groups -OCH3 is 2. The van der Waals surface area contributed by atoms with Crippen LogP contribution >= 0.6 is 0 Å². The molecule has 8 nitrogen and oxygen atoms in total. The highest BCUT2D eigenvalue weighted by atomic mass is 16.5. The van der Waals surface area contributed by atoms with E-state index < -0.39 is 5.91 Å². The SMILES string of the molecule is COc1ccc(-c2cc(C(=O)NNC(=O)CN(C)C(C)C)c3ccccc3n2)cc1OC. The van der Waals surface area contributed by atoms with Crippen LogP contribution in [-0.2, 0) is 4.79 Å². The zero-order valence-corrected chi connectivity index (χ0v) is 18.9. The van der Waals surface area contributed by atoms with E-state index in [1.165, 1.54) is 0 Å². The van der Waals surface area contributed by atoms with Gasteiger partial charge in [0.1, 0.15) is 0 Å². The lowest BCUT2D eigenvalue weighted by atomic mass is 10.0. The van der Waals surface area contributed by atoms with Crippen LogP contribution in [-0.4, -0.2) is 55.6 Å². The lowest BCUT2D eigenvalue weighted by molar-refractivity contribution is -0.123. The molecule has 0 spiro atoms. The minimum atomic E-state index is -0.425. The summed E-state index contributed by atoms with van der Waals surface area (Å²) in [6.45, 7) is 4.15. The molecule has 0 aliphatic heterocycles. The number of aromatic nitrogens is 1. The molecular weight excluding hydrogens is 408 g/mol. The molecule has 3 aromatic rings. The lowest BCUT2D eigenvalue weighted by Crippen LogP contribution is -2.46. The van der Waals surface area contributed by atoms with Crippen molar-refractivity contribution in [3.05, 3.63) is 54.1 Å². The van der Waals surface area contributed by atoms with Gasteiger partial charge in [-0.2, -0.15) is 0 Å². The summed E-state index contributed by atoms with van der Waals surface area (Å²) in [5.41, 5.74) is 7.43. The Morgan fingerprint density at radius 3 is 2.41 bits per heavy atom. The second-order valence-corrected chi connectivity index (χ2v) is 7.65. The molecule has 0 aliphatic carbocycles. The molecule has 32 heavy (non-hydrogen) atoms. The van der Waals surface area contributed by atoms with Crippen LogP contribution in [0.1, 0.15) is 24.2 Å². The molecule has 8 heteroatoms. The Kier molecular flexibility index (Phi) is 7.27. The Labute approximate surface area is 187 Å². The minimum absolute atomic E-state index is 0.173. The van der Waals surface area contributed by atoms with Gasteiger partial charge in [0.05, 0.1) is 37.5 Å². The van der Waals surface area contributed by atoms with Crippen LogP contribution in [0.4, 0.5) is 0 Å². The fourth-order valence-corrected chi connectivity index (χ4v) is 3.15. The first-order valence-corrected chi connectivity index (χ1v) is 10.3. The van der Waals surface area contributed by atoms with Gasteiger partial charge in [0, 0.05) is 17.0 Å². The molecule has 0 radical (unpaired) electrons. The number of rotatable bonds is 7. The van der Waals surface area contributed by atoms with Crippen molar-refractivity contribution in [1.29, 1.82) is 0 Å². The number of nitrogens with one attached hydrogen (secondary N) is 2. The zero-order valence-electron chi connectivity index (χ0n) is 18.9. The van der Waals surface area contributed by atoms with Gasteiger partial charge in [-0.25, -0.2) is 4.98 Å². The standard InChI is InChI=1S/C24H28N4O4/c1-15(2)28(3)14-23(29)26-27-24(30)18-13-20(25-19-9-7-6-8-17(18)19)16-10-11-21(31-4)22(12-16)32-5/h6-13,15H,14H2,1-5H3,(H,26,29)(H,27,30). The quantitative estimate of drug-likeness (QED) is 0.553. The Balaban J connectivity index is 1.92. The van der Waals surface area contributed by atoms with Crippen molar-refractivity contribution in [1.82, 2.24) is 20.7 Å². The molecule has 2 amide bonds. The number of para-hydroxylation sites is 1. The van der Waals surface area contributed by atoms with E-state index in [0.29, 0.717) is 33.7 Å². The Morgan fingerprint density at radius 2 is 1.72 bits per heavy atom. The highest BCUT2D eigenvalue weighted by Gasteiger charge is 2.16. The highest BCUT2D eigenvalue weighted by molar-refractivity contribution is 6.07. The van der Waals surface area contributed by atoms with E-state index in [-0.39, 0.29) is 18.5 Å². The molecule has 168 valence electrons. The fourth-order valence-electron chi connectivity index (χ4n) is 3.15. The lowest BCUT2D eigenvalue weighted by Gasteiger charge is -2.20. The third-order valence-electron chi connectivity index (χ3n) is 5.23. The Bertz CT molecular complexity index is 1130. The number of likely N-dealkylation sites (N-methyl/N-ethyl adjacent to an activating group) is 1. The summed E-state index contributed by atoms with van der Waals surface area (Å²) in [6.07, 6.45) is 0. The number of hydrazine groups is 1. The van der Waals surface area contributed by atoms with Gasteiger partial charge in [-0.1, -0.05) is 18.2 Å². The smallest absolute Gasteiger partial charge is 0.270 e. The summed E-state index contributed by atoms with van der Waals surface area (Å²) in [5.74, 6) is 0.440. The summed E-state index contributed by atoms with van der Waals surface area (Å²) in [5, 5.41) is 0.683. The van der Waals surface area contributed by atoms with E-state index in [4.69, 9.17) is 14.5 Å². The van der Waals surface area contributed by atoms with Crippen LogP contribution in [0.25, 0.3) is 22.2 Å². The molecule has 0 unspecified atom stereocenters. The van der Waals surface area contributed by atoms with Crippen molar-refractivity contribution < 1.29 is 19.1 Å². The monoisotopic (exact) mass is 436 g/mol. The molecule has 1 aromatic heterocycles. The highest BCUT2D eigenvalue weighted by Crippen LogP contribution is 2.33. The number of ether oxygens (including phenoxy) is 2. The largest absolute Gasteiger partial charge is 0.493 e. The van der Waals surface area contributed by atoms with E-state index in [0.717, 1.165) is 5.56 Å². The number of pyridine rings is 1. The third-order valence-corrected chi connectivity index (χ3v) is 5.23. The number of nitrogens with zero attached hydrogens (tertiary/aromatic N) is 2. The van der Waals surface area contributed by atoms with E-state index in [1.54, 1.807) is 32.4 Å². The van der Waals surface area contributed by atoms with Crippen molar-refractivity contribution in [2.24, 2.45) is 0 Å². The molecule has 2 N–H and O–H groups in total. The minimum Gasteiger partial charge on any atom is -0.493 e. The van der Waals surface area contributed by atoms with Gasteiger partial charge in [-0.3, -0.25) is 25.3 Å².